The van der Waals surface area contributed by atoms with Gasteiger partial charge in [0.1, 0.15) is 5.82 Å². The molecule has 0 spiro atoms. The summed E-state index contributed by atoms with van der Waals surface area (Å²) in [7, 11) is 0. The van der Waals surface area contributed by atoms with Gasteiger partial charge in [-0.2, -0.15) is 0 Å². The van der Waals surface area contributed by atoms with E-state index in [1.54, 1.807) is 6.07 Å². The van der Waals surface area contributed by atoms with Crippen molar-refractivity contribution < 1.29 is 19.1 Å². The van der Waals surface area contributed by atoms with Gasteiger partial charge in [0.15, 0.2) is 0 Å². The van der Waals surface area contributed by atoms with Gasteiger partial charge < -0.3 is 14.8 Å². The molecule has 1 aliphatic rings. The quantitative estimate of drug-likeness (QED) is 0.846. The molecule has 0 unspecified atom stereocenters. The van der Waals surface area contributed by atoms with Crippen LogP contribution in [0.5, 0.6) is 0 Å². The summed E-state index contributed by atoms with van der Waals surface area (Å²) in [6.07, 6.45) is 0.661. The number of carbonyl (C=O) groups is 2. The second-order valence-electron chi connectivity index (χ2n) is 5.44. The molecule has 0 saturated carbocycles. The second-order valence-corrected chi connectivity index (χ2v) is 6.66. The number of hydrogen-bond donors (Lipinski definition) is 0. The van der Waals surface area contributed by atoms with E-state index in [4.69, 9.17) is 0 Å². The molecule has 0 radical (unpaired) electrons. The number of amides is 1. The van der Waals surface area contributed by atoms with Crippen molar-refractivity contribution in [1.82, 2.24) is 4.90 Å². The summed E-state index contributed by atoms with van der Waals surface area (Å²) in [5, 5.41) is 11.0. The van der Waals surface area contributed by atoms with Crippen LogP contribution in [-0.4, -0.2) is 33.9 Å². The van der Waals surface area contributed by atoms with Gasteiger partial charge in [0.25, 0.3) is 5.91 Å². The Balaban J connectivity index is 2.32. The van der Waals surface area contributed by atoms with Crippen LogP contribution in [0.3, 0.4) is 0 Å². The minimum Gasteiger partial charge on any atom is -0.548 e. The van der Waals surface area contributed by atoms with Crippen molar-refractivity contribution in [3.05, 3.63) is 35.6 Å². The summed E-state index contributed by atoms with van der Waals surface area (Å²) < 4.78 is 13.8. The highest BCUT2D eigenvalue weighted by molar-refractivity contribution is 8.00. The maximum Gasteiger partial charge on any atom is 0.258 e. The van der Waals surface area contributed by atoms with Crippen LogP contribution in [0.25, 0.3) is 0 Å². The lowest BCUT2D eigenvalue weighted by Gasteiger charge is -2.31. The topological polar surface area (TPSA) is 60.4 Å². The van der Waals surface area contributed by atoms with Gasteiger partial charge in [-0.25, -0.2) is 4.39 Å². The van der Waals surface area contributed by atoms with E-state index in [0.29, 0.717) is 12.3 Å². The fourth-order valence-corrected chi connectivity index (χ4v) is 4.00. The number of nitrogens with zero attached hydrogens (tertiary/aromatic N) is 1. The lowest BCUT2D eigenvalue weighted by atomic mass is 10.1. The van der Waals surface area contributed by atoms with Crippen LogP contribution in [0.1, 0.15) is 30.6 Å². The van der Waals surface area contributed by atoms with E-state index >= 15 is 0 Å². The molecule has 2 atom stereocenters. The van der Waals surface area contributed by atoms with Crippen LogP contribution >= 0.6 is 11.8 Å². The van der Waals surface area contributed by atoms with Crippen LogP contribution in [-0.2, 0) is 4.79 Å². The fraction of sp³-hybridized carbons (Fsp3) is 0.467. The van der Waals surface area contributed by atoms with Gasteiger partial charge in [0.2, 0.25) is 0 Å². The first-order valence-corrected chi connectivity index (χ1v) is 7.86. The maximum absolute atomic E-state index is 13.8. The number of carbonyl (C=O) groups excluding carboxylic acids is 2. The van der Waals surface area contributed by atoms with Crippen LogP contribution < -0.4 is 5.11 Å². The zero-order valence-corrected chi connectivity index (χ0v) is 12.7. The van der Waals surface area contributed by atoms with Gasteiger partial charge in [0.05, 0.1) is 22.9 Å². The van der Waals surface area contributed by atoms with Gasteiger partial charge in [-0.3, -0.25) is 4.79 Å². The van der Waals surface area contributed by atoms with Crippen LogP contribution in [0.15, 0.2) is 24.3 Å². The van der Waals surface area contributed by atoms with Crippen LogP contribution in [0.4, 0.5) is 4.39 Å². The highest BCUT2D eigenvalue weighted by Gasteiger charge is 2.39. The molecule has 6 heteroatoms. The number of carboxylic acid groups (broad SMARTS) is 1. The predicted octanol–water partition coefficient (Wildman–Crippen LogP) is 1.51. The summed E-state index contributed by atoms with van der Waals surface area (Å²) in [6.45, 7) is 4.00. The minimum atomic E-state index is -1.29. The second kappa shape index (κ2) is 6.47. The molecule has 114 valence electrons. The number of halogens is 1. The Bertz CT molecular complexity index is 549. The van der Waals surface area contributed by atoms with Crippen molar-refractivity contribution in [3.63, 3.8) is 0 Å². The van der Waals surface area contributed by atoms with Crippen LogP contribution in [0, 0.1) is 11.7 Å². The summed E-state index contributed by atoms with van der Waals surface area (Å²) >= 11 is 1.41. The number of carboxylic acids is 1. The Morgan fingerprint density at radius 2 is 2.10 bits per heavy atom. The molecule has 21 heavy (non-hydrogen) atoms. The van der Waals surface area contributed by atoms with Crippen molar-refractivity contribution in [1.29, 1.82) is 0 Å². The molecule has 0 aromatic heterocycles. The largest absolute Gasteiger partial charge is 0.548 e. The zero-order valence-electron chi connectivity index (χ0n) is 11.9. The Labute approximate surface area is 127 Å². The minimum absolute atomic E-state index is 0.0972. The highest BCUT2D eigenvalue weighted by atomic mass is 32.2. The maximum atomic E-state index is 13.8. The van der Waals surface area contributed by atoms with Gasteiger partial charge in [-0.05, 0) is 24.5 Å². The Morgan fingerprint density at radius 1 is 1.43 bits per heavy atom. The molecule has 0 aliphatic carbocycles. The number of aliphatic carboxylic acids is 1. The third-order valence-corrected chi connectivity index (χ3v) is 4.69. The molecule has 1 heterocycles. The molecule has 1 amide bonds. The van der Waals surface area contributed by atoms with Gasteiger partial charge >= 0.3 is 0 Å². The van der Waals surface area contributed by atoms with E-state index in [2.05, 4.69) is 0 Å². The van der Waals surface area contributed by atoms with E-state index in [1.165, 1.54) is 34.9 Å². The average molecular weight is 310 g/mol. The Hall–Kier alpha value is -1.56. The molecule has 1 saturated heterocycles. The molecular formula is C15H17FNO3S-. The number of rotatable bonds is 4. The highest BCUT2D eigenvalue weighted by Crippen LogP contribution is 2.34. The van der Waals surface area contributed by atoms with Crippen molar-refractivity contribution in [2.45, 2.75) is 31.7 Å². The van der Waals surface area contributed by atoms with E-state index < -0.39 is 23.7 Å². The normalized spacial score (nSPS) is 21.8. The SMILES string of the molecule is CC(C)C[C@H]1SC[C@@H](C(=O)[O-])N1C(=O)c1ccccc1F. The molecule has 0 N–H and O–H groups in total. The molecule has 1 aromatic rings. The molecule has 1 fully saturated rings. The van der Waals surface area contributed by atoms with E-state index in [9.17, 15) is 19.1 Å². The molecule has 0 bridgehead atoms. The first-order chi connectivity index (χ1) is 9.91. The van der Waals surface area contributed by atoms with Crippen molar-refractivity contribution in [3.8, 4) is 0 Å². The number of benzene rings is 1. The van der Waals surface area contributed by atoms with Gasteiger partial charge in [-0.15, -0.1) is 11.8 Å². The Morgan fingerprint density at radius 3 is 2.67 bits per heavy atom. The standard InChI is InChI=1S/C15H18FNO3S/c1-9(2)7-13-17(12(8-21-13)15(19)20)14(18)10-5-3-4-6-11(10)16/h3-6,9,12-13H,7-8H2,1-2H3,(H,19,20)/p-1/t12-,13+/m0/s1. The van der Waals surface area contributed by atoms with Crippen molar-refractivity contribution in [2.24, 2.45) is 5.92 Å². The Kier molecular flexibility index (Phi) is 4.88. The summed E-state index contributed by atoms with van der Waals surface area (Å²) in [5.74, 6) is -1.94. The molecular weight excluding hydrogens is 293 g/mol. The lowest BCUT2D eigenvalue weighted by Crippen LogP contribution is -2.51. The monoisotopic (exact) mass is 310 g/mol. The lowest BCUT2D eigenvalue weighted by molar-refractivity contribution is -0.310. The number of thioether (sulfide) groups is 1. The smallest absolute Gasteiger partial charge is 0.258 e. The first kappa shape index (κ1) is 15.8. The predicted molar refractivity (Wildman–Crippen MR) is 77.1 cm³/mol. The van der Waals surface area contributed by atoms with E-state index in [-0.39, 0.29) is 16.7 Å². The summed E-state index contributed by atoms with van der Waals surface area (Å²) in [5.41, 5.74) is -0.0972. The first-order valence-electron chi connectivity index (χ1n) is 6.81. The molecule has 1 aliphatic heterocycles. The van der Waals surface area contributed by atoms with Crippen molar-refractivity contribution in [2.75, 3.05) is 5.75 Å². The zero-order chi connectivity index (χ0) is 15.6. The molecule has 1 aromatic carbocycles. The average Bonchev–Trinajstić information content (AvgIpc) is 2.81. The number of hydrogen-bond acceptors (Lipinski definition) is 4. The third kappa shape index (κ3) is 3.37. The summed E-state index contributed by atoms with van der Waals surface area (Å²) in [4.78, 5) is 25.1. The van der Waals surface area contributed by atoms with Crippen LogP contribution in [0.2, 0.25) is 0 Å². The third-order valence-electron chi connectivity index (χ3n) is 3.38. The van der Waals surface area contributed by atoms with Gasteiger partial charge in [0, 0.05) is 5.75 Å². The van der Waals surface area contributed by atoms with Crippen molar-refractivity contribution >= 4 is 23.6 Å². The molecule has 2 rings (SSSR count). The van der Waals surface area contributed by atoms with E-state index in [0.717, 1.165) is 0 Å². The summed E-state index contributed by atoms with van der Waals surface area (Å²) in [6, 6.07) is 4.62. The van der Waals surface area contributed by atoms with E-state index in [1.807, 2.05) is 13.8 Å². The fourth-order valence-electron chi connectivity index (χ4n) is 2.38. The van der Waals surface area contributed by atoms with Gasteiger partial charge in [-0.1, -0.05) is 26.0 Å². The molecule has 4 nitrogen and oxygen atoms in total.